The highest BCUT2D eigenvalue weighted by Crippen LogP contribution is 2.35. The predicted molar refractivity (Wildman–Crippen MR) is 64.2 cm³/mol. The lowest BCUT2D eigenvalue weighted by molar-refractivity contribution is 0.202. The summed E-state index contributed by atoms with van der Waals surface area (Å²) in [5.41, 5.74) is 0.150. The standard InChI is InChI=1S/C9H8Cl3NO3/c10-1-2-13(9(15)16)7-4-8(14)6(12)3-5(7)11/h3-4,14H,1-2H2,(H,15,16). The number of hydrogen-bond donors (Lipinski definition) is 2. The third-order valence-corrected chi connectivity index (χ3v) is 2.62. The molecule has 0 aliphatic heterocycles. The summed E-state index contributed by atoms with van der Waals surface area (Å²) in [6.07, 6.45) is -1.20. The average molecular weight is 285 g/mol. The van der Waals surface area contributed by atoms with Crippen LogP contribution in [0.3, 0.4) is 0 Å². The molecule has 1 aromatic rings. The molecule has 0 unspecified atom stereocenters. The number of aromatic hydroxyl groups is 1. The molecule has 1 amide bonds. The highest BCUT2D eigenvalue weighted by Gasteiger charge is 2.18. The molecule has 0 aliphatic carbocycles. The van der Waals surface area contributed by atoms with E-state index in [2.05, 4.69) is 0 Å². The normalized spacial score (nSPS) is 10.2. The highest BCUT2D eigenvalue weighted by atomic mass is 35.5. The maximum absolute atomic E-state index is 10.9. The molecule has 0 atom stereocenters. The summed E-state index contributed by atoms with van der Waals surface area (Å²) in [4.78, 5) is 11.9. The summed E-state index contributed by atoms with van der Waals surface area (Å²) >= 11 is 16.9. The summed E-state index contributed by atoms with van der Waals surface area (Å²) < 4.78 is 0. The Morgan fingerprint density at radius 2 is 1.94 bits per heavy atom. The Balaban J connectivity index is 3.18. The molecule has 0 fully saturated rings. The van der Waals surface area contributed by atoms with Crippen LogP contribution in [0.2, 0.25) is 10.0 Å². The van der Waals surface area contributed by atoms with Gasteiger partial charge in [-0.2, -0.15) is 0 Å². The molecule has 0 heterocycles. The number of amides is 1. The van der Waals surface area contributed by atoms with Crippen molar-refractivity contribution in [1.29, 1.82) is 0 Å². The zero-order valence-electron chi connectivity index (χ0n) is 7.95. The zero-order chi connectivity index (χ0) is 12.3. The van der Waals surface area contributed by atoms with Gasteiger partial charge in [-0.1, -0.05) is 23.2 Å². The van der Waals surface area contributed by atoms with Gasteiger partial charge in [0.15, 0.2) is 0 Å². The Bertz CT molecular complexity index is 411. The van der Waals surface area contributed by atoms with Gasteiger partial charge in [0, 0.05) is 18.5 Å². The molecule has 88 valence electrons. The number of carboxylic acid groups (broad SMARTS) is 1. The Labute approximate surface area is 107 Å². The van der Waals surface area contributed by atoms with Crippen LogP contribution in [0.15, 0.2) is 12.1 Å². The van der Waals surface area contributed by atoms with Gasteiger partial charge in [-0.25, -0.2) is 4.79 Å². The van der Waals surface area contributed by atoms with Gasteiger partial charge in [0.1, 0.15) is 5.75 Å². The SMILES string of the molecule is O=C(O)N(CCCl)c1cc(O)c(Cl)cc1Cl. The van der Waals surface area contributed by atoms with Gasteiger partial charge >= 0.3 is 6.09 Å². The zero-order valence-corrected chi connectivity index (χ0v) is 10.2. The van der Waals surface area contributed by atoms with Crippen molar-refractivity contribution in [3.63, 3.8) is 0 Å². The first-order valence-corrected chi connectivity index (χ1v) is 5.51. The number of anilines is 1. The molecule has 0 bridgehead atoms. The second kappa shape index (κ2) is 5.48. The van der Waals surface area contributed by atoms with Gasteiger partial charge in [0.05, 0.1) is 15.7 Å². The molecule has 0 aromatic heterocycles. The number of phenolic OH excluding ortho intramolecular Hbond substituents is 1. The van der Waals surface area contributed by atoms with Gasteiger partial charge < -0.3 is 10.2 Å². The fourth-order valence-electron chi connectivity index (χ4n) is 1.14. The van der Waals surface area contributed by atoms with Gasteiger partial charge in [-0.15, -0.1) is 11.6 Å². The second-order valence-electron chi connectivity index (χ2n) is 2.88. The summed E-state index contributed by atoms with van der Waals surface area (Å²) in [6, 6.07) is 2.46. The van der Waals surface area contributed by atoms with E-state index in [-0.39, 0.29) is 33.9 Å². The summed E-state index contributed by atoms with van der Waals surface area (Å²) in [5, 5.41) is 18.5. The van der Waals surface area contributed by atoms with E-state index >= 15 is 0 Å². The number of benzene rings is 1. The van der Waals surface area contributed by atoms with Crippen molar-refractivity contribution in [2.75, 3.05) is 17.3 Å². The molecule has 0 saturated heterocycles. The van der Waals surface area contributed by atoms with Crippen molar-refractivity contribution in [2.24, 2.45) is 0 Å². The van der Waals surface area contributed by atoms with Crippen molar-refractivity contribution >= 4 is 46.6 Å². The summed E-state index contributed by atoms with van der Waals surface area (Å²) in [6.45, 7) is 0.0671. The molecule has 2 N–H and O–H groups in total. The molecular formula is C9H8Cl3NO3. The van der Waals surface area contributed by atoms with Gasteiger partial charge in [0.2, 0.25) is 0 Å². The first-order valence-electron chi connectivity index (χ1n) is 4.21. The minimum Gasteiger partial charge on any atom is -0.506 e. The Morgan fingerprint density at radius 3 is 2.44 bits per heavy atom. The lowest BCUT2D eigenvalue weighted by Crippen LogP contribution is -2.31. The number of alkyl halides is 1. The van der Waals surface area contributed by atoms with Crippen molar-refractivity contribution in [3.8, 4) is 5.75 Å². The van der Waals surface area contributed by atoms with E-state index in [0.29, 0.717) is 0 Å². The number of halogens is 3. The Hall–Kier alpha value is -0.840. The fourth-order valence-corrected chi connectivity index (χ4v) is 1.79. The highest BCUT2D eigenvalue weighted by molar-refractivity contribution is 6.37. The molecule has 0 spiro atoms. The van der Waals surface area contributed by atoms with Crippen molar-refractivity contribution in [2.45, 2.75) is 0 Å². The maximum Gasteiger partial charge on any atom is 0.411 e. The van der Waals surface area contributed by atoms with E-state index in [1.54, 1.807) is 0 Å². The van der Waals surface area contributed by atoms with Crippen molar-refractivity contribution in [1.82, 2.24) is 0 Å². The summed E-state index contributed by atoms with van der Waals surface area (Å²) in [5.74, 6) is -0.117. The van der Waals surface area contributed by atoms with Crippen LogP contribution >= 0.6 is 34.8 Å². The average Bonchev–Trinajstić information content (AvgIpc) is 2.20. The van der Waals surface area contributed by atoms with Crippen LogP contribution in [0, 0.1) is 0 Å². The van der Waals surface area contributed by atoms with E-state index in [0.717, 1.165) is 4.90 Å². The van der Waals surface area contributed by atoms with Crippen LogP contribution in [-0.4, -0.2) is 28.7 Å². The predicted octanol–water partition coefficient (Wildman–Crippen LogP) is 3.42. The van der Waals surface area contributed by atoms with E-state index < -0.39 is 6.09 Å². The smallest absolute Gasteiger partial charge is 0.411 e. The number of carbonyl (C=O) groups is 1. The molecule has 7 heteroatoms. The molecule has 0 radical (unpaired) electrons. The Kier molecular flexibility index (Phi) is 4.53. The van der Waals surface area contributed by atoms with Crippen LogP contribution in [0.4, 0.5) is 10.5 Å². The number of phenols is 1. The Morgan fingerprint density at radius 1 is 1.31 bits per heavy atom. The molecule has 1 rings (SSSR count). The lowest BCUT2D eigenvalue weighted by Gasteiger charge is -2.19. The molecule has 0 saturated carbocycles. The van der Waals surface area contributed by atoms with Crippen LogP contribution in [0.25, 0.3) is 0 Å². The minimum atomic E-state index is -1.20. The fraction of sp³-hybridized carbons (Fsp3) is 0.222. The minimum absolute atomic E-state index is 0.0602. The number of hydrogen-bond acceptors (Lipinski definition) is 2. The van der Waals surface area contributed by atoms with Crippen molar-refractivity contribution in [3.05, 3.63) is 22.2 Å². The van der Waals surface area contributed by atoms with Crippen LogP contribution < -0.4 is 4.90 Å². The molecular weight excluding hydrogens is 276 g/mol. The molecule has 4 nitrogen and oxygen atoms in total. The van der Waals surface area contributed by atoms with Gasteiger partial charge in [-0.3, -0.25) is 4.90 Å². The monoisotopic (exact) mass is 283 g/mol. The number of nitrogens with zero attached hydrogens (tertiary/aromatic N) is 1. The number of rotatable bonds is 3. The largest absolute Gasteiger partial charge is 0.506 e. The van der Waals surface area contributed by atoms with E-state index in [1.807, 2.05) is 0 Å². The third kappa shape index (κ3) is 2.84. The first kappa shape index (κ1) is 13.2. The van der Waals surface area contributed by atoms with Crippen LogP contribution in [0.1, 0.15) is 0 Å². The molecule has 0 aliphatic rings. The maximum atomic E-state index is 10.9. The lowest BCUT2D eigenvalue weighted by atomic mass is 10.2. The van der Waals surface area contributed by atoms with Crippen LogP contribution in [-0.2, 0) is 0 Å². The van der Waals surface area contributed by atoms with Gasteiger partial charge in [0.25, 0.3) is 0 Å². The van der Waals surface area contributed by atoms with Crippen molar-refractivity contribution < 1.29 is 15.0 Å². The van der Waals surface area contributed by atoms with E-state index in [9.17, 15) is 9.90 Å². The van der Waals surface area contributed by atoms with Gasteiger partial charge in [-0.05, 0) is 6.07 Å². The van der Waals surface area contributed by atoms with Crippen LogP contribution in [0.5, 0.6) is 5.75 Å². The topological polar surface area (TPSA) is 60.8 Å². The molecule has 16 heavy (non-hydrogen) atoms. The van der Waals surface area contributed by atoms with E-state index in [4.69, 9.17) is 39.9 Å². The first-order chi connectivity index (χ1) is 7.47. The van der Waals surface area contributed by atoms with E-state index in [1.165, 1.54) is 12.1 Å². The molecule has 1 aromatic carbocycles. The third-order valence-electron chi connectivity index (χ3n) is 1.85. The second-order valence-corrected chi connectivity index (χ2v) is 4.07. The quantitative estimate of drug-likeness (QED) is 0.836. The summed E-state index contributed by atoms with van der Waals surface area (Å²) in [7, 11) is 0.